The largest absolute Gasteiger partial charge is 0.492 e. The number of ether oxygens (including phenoxy) is 1. The lowest BCUT2D eigenvalue weighted by atomic mass is 9.79. The van der Waals surface area contributed by atoms with Crippen LogP contribution in [0.4, 0.5) is 15.8 Å². The Labute approximate surface area is 188 Å². The van der Waals surface area contributed by atoms with Crippen molar-refractivity contribution in [1.82, 2.24) is 0 Å². The summed E-state index contributed by atoms with van der Waals surface area (Å²) in [6, 6.07) is 7.91. The molecule has 0 unspecified atom stereocenters. The van der Waals surface area contributed by atoms with E-state index in [1.54, 1.807) is 18.2 Å². The van der Waals surface area contributed by atoms with Crippen LogP contribution < -0.4 is 15.0 Å². The summed E-state index contributed by atoms with van der Waals surface area (Å²) in [5.74, 6) is -1.32. The number of hydrogen-bond acceptors (Lipinski definition) is 4. The average Bonchev–Trinajstić information content (AvgIpc) is 2.75. The zero-order valence-corrected chi connectivity index (χ0v) is 18.1. The molecule has 0 atom stereocenters. The van der Waals surface area contributed by atoms with Crippen LogP contribution >= 0.6 is 23.2 Å². The first kappa shape index (κ1) is 21.7. The first-order valence-electron chi connectivity index (χ1n) is 9.96. The van der Waals surface area contributed by atoms with Gasteiger partial charge in [-0.25, -0.2) is 4.39 Å². The highest BCUT2D eigenvalue weighted by Gasteiger charge is 2.43. The molecule has 6 nitrogen and oxygen atoms in total. The maximum absolute atomic E-state index is 14.1. The summed E-state index contributed by atoms with van der Waals surface area (Å²) in [4.78, 5) is 25.8. The number of amides is 1. The Morgan fingerprint density at radius 1 is 1.19 bits per heavy atom. The lowest BCUT2D eigenvalue weighted by molar-refractivity contribution is -0.152. The first-order chi connectivity index (χ1) is 14.8. The van der Waals surface area contributed by atoms with Crippen LogP contribution in [0.15, 0.2) is 30.3 Å². The third kappa shape index (κ3) is 4.29. The van der Waals surface area contributed by atoms with E-state index in [9.17, 15) is 19.1 Å². The van der Waals surface area contributed by atoms with Crippen molar-refractivity contribution in [3.05, 3.63) is 51.8 Å². The standard InChI is InChI=1S/C22H21Cl2FN2O4/c23-13-1-3-15(24)17(11-13)27-9-7-22(8-10-27,21(29)30)12-31-18-5-4-16(25)20-14(18)2-6-19(28)26-20/h1,3-5,11H,2,6-10,12H2,(H,26,28)(H,29,30). The fourth-order valence-electron chi connectivity index (χ4n) is 4.10. The van der Waals surface area contributed by atoms with Gasteiger partial charge >= 0.3 is 5.97 Å². The molecule has 164 valence electrons. The zero-order chi connectivity index (χ0) is 22.2. The van der Waals surface area contributed by atoms with E-state index in [0.717, 1.165) is 5.69 Å². The molecule has 0 spiro atoms. The molecule has 2 aliphatic heterocycles. The van der Waals surface area contributed by atoms with E-state index in [1.165, 1.54) is 12.1 Å². The normalized spacial score (nSPS) is 17.6. The first-order valence-corrected chi connectivity index (χ1v) is 10.7. The fraction of sp³-hybridized carbons (Fsp3) is 0.364. The van der Waals surface area contributed by atoms with Crippen molar-refractivity contribution in [3.63, 3.8) is 0 Å². The van der Waals surface area contributed by atoms with Crippen molar-refractivity contribution in [2.75, 3.05) is 29.9 Å². The van der Waals surface area contributed by atoms with Crippen LogP contribution in [0, 0.1) is 11.2 Å². The topological polar surface area (TPSA) is 78.9 Å². The molecule has 0 bridgehead atoms. The van der Waals surface area contributed by atoms with E-state index >= 15 is 0 Å². The average molecular weight is 467 g/mol. The summed E-state index contributed by atoms with van der Waals surface area (Å²) in [6.07, 6.45) is 1.28. The Morgan fingerprint density at radius 2 is 1.94 bits per heavy atom. The minimum Gasteiger partial charge on any atom is -0.492 e. The molecule has 4 rings (SSSR count). The van der Waals surface area contributed by atoms with E-state index in [4.69, 9.17) is 27.9 Å². The third-order valence-corrected chi connectivity index (χ3v) is 6.57. The van der Waals surface area contributed by atoms with Gasteiger partial charge in [0.05, 0.1) is 16.4 Å². The smallest absolute Gasteiger partial charge is 0.313 e. The second kappa shape index (κ2) is 8.55. The number of piperidine rings is 1. The summed E-state index contributed by atoms with van der Waals surface area (Å²) in [5, 5.41) is 13.6. The second-order valence-corrected chi connectivity index (χ2v) is 8.75. The van der Waals surface area contributed by atoms with E-state index in [0.29, 0.717) is 53.7 Å². The number of rotatable bonds is 5. The molecule has 2 aromatic rings. The van der Waals surface area contributed by atoms with Gasteiger partial charge in [-0.1, -0.05) is 23.2 Å². The SMILES string of the molecule is O=C1CCc2c(OCC3(C(=O)O)CCN(c4cc(Cl)ccc4Cl)CC3)ccc(F)c2N1. The molecule has 2 N–H and O–H groups in total. The van der Waals surface area contributed by atoms with Crippen molar-refractivity contribution in [2.24, 2.45) is 5.41 Å². The highest BCUT2D eigenvalue weighted by Crippen LogP contribution is 2.39. The van der Waals surface area contributed by atoms with Gasteiger partial charge in [-0.05, 0) is 49.6 Å². The summed E-state index contributed by atoms with van der Waals surface area (Å²) in [5.41, 5.74) is 0.366. The Kier molecular flexibility index (Phi) is 5.99. The number of halogens is 3. The van der Waals surface area contributed by atoms with Crippen LogP contribution in [0.2, 0.25) is 10.0 Å². The monoisotopic (exact) mass is 466 g/mol. The predicted octanol–water partition coefficient (Wildman–Crippen LogP) is 4.77. The molecule has 1 amide bonds. The van der Waals surface area contributed by atoms with Crippen LogP contribution in [0.3, 0.4) is 0 Å². The predicted molar refractivity (Wildman–Crippen MR) is 117 cm³/mol. The molecule has 2 heterocycles. The Bertz CT molecular complexity index is 1040. The lowest BCUT2D eigenvalue weighted by Gasteiger charge is -2.40. The minimum absolute atomic E-state index is 0.0501. The van der Waals surface area contributed by atoms with E-state index in [1.807, 2.05) is 4.90 Å². The summed E-state index contributed by atoms with van der Waals surface area (Å²) in [6.45, 7) is 0.909. The number of nitrogens with zero attached hydrogens (tertiary/aromatic N) is 1. The van der Waals surface area contributed by atoms with Crippen molar-refractivity contribution in [1.29, 1.82) is 0 Å². The molecule has 0 saturated carbocycles. The summed E-state index contributed by atoms with van der Waals surface area (Å²) < 4.78 is 20.0. The molecule has 9 heteroatoms. The number of benzene rings is 2. The molecule has 31 heavy (non-hydrogen) atoms. The third-order valence-electron chi connectivity index (χ3n) is 6.01. The number of carboxylic acids is 1. The number of carbonyl (C=O) groups is 2. The van der Waals surface area contributed by atoms with Gasteiger partial charge in [-0.2, -0.15) is 0 Å². The van der Waals surface area contributed by atoms with E-state index < -0.39 is 17.2 Å². The van der Waals surface area contributed by atoms with Crippen molar-refractivity contribution < 1.29 is 23.8 Å². The van der Waals surface area contributed by atoms with Gasteiger partial charge < -0.3 is 20.1 Å². The van der Waals surface area contributed by atoms with Crippen LogP contribution in [0.25, 0.3) is 0 Å². The van der Waals surface area contributed by atoms with E-state index in [2.05, 4.69) is 5.32 Å². The molecule has 0 aliphatic carbocycles. The van der Waals surface area contributed by atoms with Gasteiger partial charge in [0.15, 0.2) is 0 Å². The highest BCUT2D eigenvalue weighted by atomic mass is 35.5. The van der Waals surface area contributed by atoms with Gasteiger partial charge in [-0.3, -0.25) is 9.59 Å². The molecule has 0 aromatic heterocycles. The van der Waals surface area contributed by atoms with Crippen molar-refractivity contribution >= 4 is 46.5 Å². The van der Waals surface area contributed by atoms with Gasteiger partial charge in [0, 0.05) is 30.1 Å². The number of hydrogen-bond donors (Lipinski definition) is 2. The fourth-order valence-corrected chi connectivity index (χ4v) is 4.50. The van der Waals surface area contributed by atoms with Gasteiger partial charge in [-0.15, -0.1) is 0 Å². The quantitative estimate of drug-likeness (QED) is 0.663. The molecule has 0 radical (unpaired) electrons. The molecule has 1 fully saturated rings. The highest BCUT2D eigenvalue weighted by molar-refractivity contribution is 6.35. The molecular weight excluding hydrogens is 446 g/mol. The lowest BCUT2D eigenvalue weighted by Crippen LogP contribution is -2.47. The Hall–Kier alpha value is -2.51. The number of aliphatic carboxylic acids is 1. The number of nitrogens with one attached hydrogen (secondary N) is 1. The van der Waals surface area contributed by atoms with Crippen LogP contribution in [-0.4, -0.2) is 36.7 Å². The van der Waals surface area contributed by atoms with Crippen LogP contribution in [-0.2, 0) is 16.0 Å². The Morgan fingerprint density at radius 3 is 2.65 bits per heavy atom. The molecular formula is C22H21Cl2FN2O4. The molecule has 2 aliphatic rings. The van der Waals surface area contributed by atoms with Crippen LogP contribution in [0.5, 0.6) is 5.75 Å². The number of anilines is 2. The number of carbonyl (C=O) groups excluding carboxylic acids is 1. The summed E-state index contributed by atoms with van der Waals surface area (Å²) >= 11 is 12.4. The summed E-state index contributed by atoms with van der Waals surface area (Å²) in [7, 11) is 0. The minimum atomic E-state index is -1.08. The number of fused-ring (bicyclic) bond motifs is 1. The van der Waals surface area contributed by atoms with Gasteiger partial charge in [0.2, 0.25) is 5.91 Å². The van der Waals surface area contributed by atoms with Gasteiger partial charge in [0.1, 0.15) is 23.6 Å². The maximum Gasteiger partial charge on any atom is 0.313 e. The maximum atomic E-state index is 14.1. The zero-order valence-electron chi connectivity index (χ0n) is 16.6. The van der Waals surface area contributed by atoms with Gasteiger partial charge in [0.25, 0.3) is 0 Å². The Balaban J connectivity index is 1.50. The second-order valence-electron chi connectivity index (χ2n) is 7.90. The molecule has 2 aromatic carbocycles. The van der Waals surface area contributed by atoms with Crippen molar-refractivity contribution in [3.8, 4) is 5.75 Å². The van der Waals surface area contributed by atoms with E-state index in [-0.39, 0.29) is 24.6 Å². The number of carboxylic acid groups (broad SMARTS) is 1. The van der Waals surface area contributed by atoms with Crippen LogP contribution in [0.1, 0.15) is 24.8 Å². The van der Waals surface area contributed by atoms with Crippen molar-refractivity contribution in [2.45, 2.75) is 25.7 Å². The molecule has 1 saturated heterocycles.